The van der Waals surface area contributed by atoms with Gasteiger partial charge in [-0.05, 0) is 47.4 Å². The van der Waals surface area contributed by atoms with Gasteiger partial charge in [0.2, 0.25) is 5.91 Å². The second-order valence-electron chi connectivity index (χ2n) is 7.08. The fourth-order valence-electron chi connectivity index (χ4n) is 3.22. The molecule has 1 aliphatic heterocycles. The molecule has 0 fully saturated rings. The van der Waals surface area contributed by atoms with Crippen molar-refractivity contribution < 1.29 is 23.7 Å². The summed E-state index contributed by atoms with van der Waals surface area (Å²) in [6.07, 6.45) is 3.27. The van der Waals surface area contributed by atoms with E-state index in [1.54, 1.807) is 20.3 Å². The highest BCUT2D eigenvalue weighted by Gasteiger charge is 2.20. The molecule has 0 bridgehead atoms. The van der Waals surface area contributed by atoms with Gasteiger partial charge in [-0.3, -0.25) is 4.79 Å². The van der Waals surface area contributed by atoms with E-state index in [9.17, 15) is 4.79 Å². The van der Waals surface area contributed by atoms with Crippen LogP contribution in [0.5, 0.6) is 23.0 Å². The van der Waals surface area contributed by atoms with Gasteiger partial charge < -0.3 is 24.3 Å². The van der Waals surface area contributed by atoms with Crippen LogP contribution in [0.25, 0.3) is 6.08 Å². The summed E-state index contributed by atoms with van der Waals surface area (Å²) < 4.78 is 21.8. The van der Waals surface area contributed by atoms with E-state index in [4.69, 9.17) is 18.9 Å². The minimum atomic E-state index is -0.173. The predicted molar refractivity (Wildman–Crippen MR) is 112 cm³/mol. The molecule has 3 rings (SSSR count). The molecule has 1 heterocycles. The molecule has 1 atom stereocenters. The van der Waals surface area contributed by atoms with Crippen LogP contribution in [0.3, 0.4) is 0 Å². The Balaban J connectivity index is 1.72. The van der Waals surface area contributed by atoms with Gasteiger partial charge in [-0.2, -0.15) is 0 Å². The normalized spacial score (nSPS) is 14.0. The molecule has 2 aromatic carbocycles. The van der Waals surface area contributed by atoms with E-state index in [-0.39, 0.29) is 17.9 Å². The minimum absolute atomic E-state index is 0.145. The summed E-state index contributed by atoms with van der Waals surface area (Å²) in [6.45, 7) is 5.22. The molecule has 0 saturated heterocycles. The first-order valence-electron chi connectivity index (χ1n) is 9.62. The molecule has 0 aliphatic carbocycles. The van der Waals surface area contributed by atoms with Gasteiger partial charge in [0.15, 0.2) is 23.0 Å². The van der Waals surface area contributed by atoms with Crippen LogP contribution < -0.4 is 24.3 Å². The monoisotopic (exact) mass is 397 g/mol. The average Bonchev–Trinajstić information content (AvgIpc) is 2.75. The Morgan fingerprint density at radius 2 is 1.72 bits per heavy atom. The third kappa shape index (κ3) is 5.02. The summed E-state index contributed by atoms with van der Waals surface area (Å²) in [7, 11) is 3.17. The van der Waals surface area contributed by atoms with Crippen molar-refractivity contribution in [3.05, 3.63) is 53.6 Å². The van der Waals surface area contributed by atoms with Crippen molar-refractivity contribution >= 4 is 12.0 Å². The molecule has 0 unspecified atom stereocenters. The highest BCUT2D eigenvalue weighted by Crippen LogP contribution is 2.34. The molecule has 0 radical (unpaired) electrons. The fourth-order valence-corrected chi connectivity index (χ4v) is 3.22. The topological polar surface area (TPSA) is 66.0 Å². The van der Waals surface area contributed by atoms with Crippen molar-refractivity contribution in [2.24, 2.45) is 5.92 Å². The Kier molecular flexibility index (Phi) is 6.65. The van der Waals surface area contributed by atoms with Crippen LogP contribution in [-0.4, -0.2) is 33.3 Å². The number of ether oxygens (including phenoxy) is 4. The summed E-state index contributed by atoms with van der Waals surface area (Å²) in [5.41, 5.74) is 1.83. The van der Waals surface area contributed by atoms with E-state index in [1.165, 1.54) is 6.08 Å². The zero-order valence-corrected chi connectivity index (χ0v) is 17.2. The van der Waals surface area contributed by atoms with Gasteiger partial charge in [-0.1, -0.05) is 26.0 Å². The maximum Gasteiger partial charge on any atom is 0.244 e. The van der Waals surface area contributed by atoms with Crippen LogP contribution in [0, 0.1) is 5.92 Å². The summed E-state index contributed by atoms with van der Waals surface area (Å²) >= 11 is 0. The number of methoxy groups -OCH3 is 2. The number of rotatable bonds is 7. The maximum atomic E-state index is 12.6. The lowest BCUT2D eigenvalue weighted by Crippen LogP contribution is -2.30. The lowest BCUT2D eigenvalue weighted by molar-refractivity contribution is -0.117. The first-order valence-corrected chi connectivity index (χ1v) is 9.62. The molecule has 2 aromatic rings. The maximum absolute atomic E-state index is 12.6. The van der Waals surface area contributed by atoms with E-state index < -0.39 is 0 Å². The predicted octanol–water partition coefficient (Wildman–Crippen LogP) is 4.00. The van der Waals surface area contributed by atoms with Crippen LogP contribution in [0.1, 0.15) is 31.0 Å². The number of hydrogen-bond acceptors (Lipinski definition) is 5. The second-order valence-corrected chi connectivity index (χ2v) is 7.08. The van der Waals surface area contributed by atoms with Crippen molar-refractivity contribution in [3.8, 4) is 23.0 Å². The largest absolute Gasteiger partial charge is 0.493 e. The van der Waals surface area contributed by atoms with Gasteiger partial charge >= 0.3 is 0 Å². The highest BCUT2D eigenvalue weighted by molar-refractivity contribution is 5.92. The number of benzene rings is 2. The summed E-state index contributed by atoms with van der Waals surface area (Å²) in [6, 6.07) is 11.2. The third-order valence-corrected chi connectivity index (χ3v) is 4.72. The smallest absolute Gasteiger partial charge is 0.244 e. The molecular formula is C23H27NO5. The molecule has 6 heteroatoms. The summed E-state index contributed by atoms with van der Waals surface area (Å²) in [4.78, 5) is 12.6. The van der Waals surface area contributed by atoms with Gasteiger partial charge in [-0.25, -0.2) is 0 Å². The molecule has 29 heavy (non-hydrogen) atoms. The molecule has 1 aliphatic rings. The SMILES string of the molecule is COc1ccc(/C=C/C(=O)N[C@H](c2ccc3c(c2)OCCO3)C(C)C)cc1OC. The van der Waals surface area contributed by atoms with E-state index in [2.05, 4.69) is 19.2 Å². The molecule has 1 N–H and O–H groups in total. The zero-order valence-electron chi connectivity index (χ0n) is 17.2. The van der Waals surface area contributed by atoms with Gasteiger partial charge in [-0.15, -0.1) is 0 Å². The summed E-state index contributed by atoms with van der Waals surface area (Å²) in [5.74, 6) is 2.75. The van der Waals surface area contributed by atoms with Crippen LogP contribution >= 0.6 is 0 Å². The Hall–Kier alpha value is -3.15. The molecule has 1 amide bonds. The quantitative estimate of drug-likeness (QED) is 0.716. The standard InChI is InChI=1S/C23H27NO5/c1-15(2)23(17-7-9-19-21(14-17)29-12-11-28-19)24-22(25)10-6-16-5-8-18(26-3)20(13-16)27-4/h5-10,13-15,23H,11-12H2,1-4H3,(H,24,25)/b10-6+/t23-/m0/s1. The first kappa shape index (κ1) is 20.6. The van der Waals surface area contributed by atoms with Gasteiger partial charge in [0.1, 0.15) is 13.2 Å². The van der Waals surface area contributed by atoms with E-state index in [0.29, 0.717) is 24.7 Å². The highest BCUT2D eigenvalue weighted by atomic mass is 16.6. The fraction of sp³-hybridized carbons (Fsp3) is 0.348. The zero-order chi connectivity index (χ0) is 20.8. The lowest BCUT2D eigenvalue weighted by Gasteiger charge is -2.25. The molecule has 0 aromatic heterocycles. The van der Waals surface area contributed by atoms with Crippen molar-refractivity contribution in [2.75, 3.05) is 27.4 Å². The molecular weight excluding hydrogens is 370 g/mol. The number of amides is 1. The average molecular weight is 397 g/mol. The van der Waals surface area contributed by atoms with Crippen molar-refractivity contribution in [1.29, 1.82) is 0 Å². The molecule has 0 saturated carbocycles. The number of fused-ring (bicyclic) bond motifs is 1. The van der Waals surface area contributed by atoms with Crippen LogP contribution in [-0.2, 0) is 4.79 Å². The van der Waals surface area contributed by atoms with Crippen molar-refractivity contribution in [2.45, 2.75) is 19.9 Å². The third-order valence-electron chi connectivity index (χ3n) is 4.72. The Morgan fingerprint density at radius 3 is 2.41 bits per heavy atom. The second kappa shape index (κ2) is 9.37. The van der Waals surface area contributed by atoms with Gasteiger partial charge in [0.25, 0.3) is 0 Å². The first-order chi connectivity index (χ1) is 14.0. The molecule has 154 valence electrons. The Morgan fingerprint density at radius 1 is 1.00 bits per heavy atom. The lowest BCUT2D eigenvalue weighted by atomic mass is 9.95. The van der Waals surface area contributed by atoms with Gasteiger partial charge in [0.05, 0.1) is 20.3 Å². The van der Waals surface area contributed by atoms with Gasteiger partial charge in [0, 0.05) is 6.08 Å². The number of carbonyl (C=O) groups excluding carboxylic acids is 1. The number of hydrogen-bond donors (Lipinski definition) is 1. The number of carbonyl (C=O) groups is 1. The Labute approximate surface area is 171 Å². The van der Waals surface area contributed by atoms with Crippen molar-refractivity contribution in [1.82, 2.24) is 5.32 Å². The van der Waals surface area contributed by atoms with Crippen LogP contribution in [0.2, 0.25) is 0 Å². The van der Waals surface area contributed by atoms with E-state index >= 15 is 0 Å². The number of nitrogens with one attached hydrogen (secondary N) is 1. The van der Waals surface area contributed by atoms with Crippen LogP contribution in [0.15, 0.2) is 42.5 Å². The minimum Gasteiger partial charge on any atom is -0.493 e. The summed E-state index contributed by atoms with van der Waals surface area (Å²) in [5, 5.41) is 3.08. The van der Waals surface area contributed by atoms with Crippen LogP contribution in [0.4, 0.5) is 0 Å². The van der Waals surface area contributed by atoms with E-state index in [0.717, 1.165) is 22.6 Å². The Bertz CT molecular complexity index is 891. The molecule has 0 spiro atoms. The van der Waals surface area contributed by atoms with E-state index in [1.807, 2.05) is 36.4 Å². The molecule has 6 nitrogen and oxygen atoms in total. The van der Waals surface area contributed by atoms with Crippen molar-refractivity contribution in [3.63, 3.8) is 0 Å².